The molecule has 1 N–H and O–H groups in total. The highest BCUT2D eigenvalue weighted by Crippen LogP contribution is 2.12. The molecule has 0 aromatic carbocycles. The predicted molar refractivity (Wildman–Crippen MR) is 52.6 cm³/mol. The van der Waals surface area contributed by atoms with Gasteiger partial charge in [0.25, 0.3) is 0 Å². The van der Waals surface area contributed by atoms with Crippen LogP contribution in [0.15, 0.2) is 24.5 Å². The number of pyridine rings is 1. The Labute approximate surface area is 85.9 Å². The number of carbonyl (C=O) groups is 1. The number of hydrogen-bond acceptors (Lipinski definition) is 4. The first-order valence-corrected chi connectivity index (χ1v) is 4.42. The molecule has 2 aromatic rings. The fourth-order valence-corrected chi connectivity index (χ4v) is 1.34. The van der Waals surface area contributed by atoms with E-state index in [9.17, 15) is 9.90 Å². The first-order valence-electron chi connectivity index (χ1n) is 4.42. The zero-order valence-electron chi connectivity index (χ0n) is 8.17. The molecule has 5 nitrogen and oxygen atoms in total. The monoisotopic (exact) mass is 206 g/mol. The molecule has 0 saturated heterocycles. The van der Waals surface area contributed by atoms with Crippen molar-refractivity contribution in [3.05, 3.63) is 30.2 Å². The minimum atomic E-state index is -0.331. The lowest BCUT2D eigenvalue weighted by Crippen LogP contribution is -2.04. The molecule has 15 heavy (non-hydrogen) atoms. The Bertz CT molecular complexity index is 504. The van der Waals surface area contributed by atoms with Crippen LogP contribution in [0.5, 0.6) is 5.75 Å². The second kappa shape index (κ2) is 3.61. The summed E-state index contributed by atoms with van der Waals surface area (Å²) in [4.78, 5) is 15.2. The van der Waals surface area contributed by atoms with Crippen LogP contribution in [0.4, 0.5) is 0 Å². The summed E-state index contributed by atoms with van der Waals surface area (Å²) in [6.07, 6.45) is 3.36. The molecule has 0 saturated carbocycles. The summed E-state index contributed by atoms with van der Waals surface area (Å²) >= 11 is 0. The van der Waals surface area contributed by atoms with Crippen LogP contribution < -0.4 is 0 Å². The molecule has 78 valence electrons. The highest BCUT2D eigenvalue weighted by atomic mass is 16.5. The lowest BCUT2D eigenvalue weighted by Gasteiger charge is -1.93. The van der Waals surface area contributed by atoms with Crippen LogP contribution >= 0.6 is 0 Å². The van der Waals surface area contributed by atoms with Crippen molar-refractivity contribution in [3.63, 3.8) is 0 Å². The largest absolute Gasteiger partial charge is 0.506 e. The standard InChI is InChI=1S/C10H10N2O3/c1-15-10(14)4-7-5-12-6-8(13)2-3-9(12)11-7/h2-3,5-6,13H,4H2,1H3. The predicted octanol–water partition coefficient (Wildman–Crippen LogP) is 0.755. The SMILES string of the molecule is COC(=O)Cc1cn2cc(O)ccc2n1. The summed E-state index contributed by atoms with van der Waals surface area (Å²) in [5, 5.41) is 9.23. The minimum absolute atomic E-state index is 0.138. The zero-order valence-corrected chi connectivity index (χ0v) is 8.17. The molecule has 0 aliphatic heterocycles. The molecule has 0 unspecified atom stereocenters. The Morgan fingerprint density at radius 3 is 3.07 bits per heavy atom. The number of hydrogen-bond donors (Lipinski definition) is 1. The summed E-state index contributed by atoms with van der Waals surface area (Å²) in [5.74, 6) is -0.174. The summed E-state index contributed by atoms with van der Waals surface area (Å²) in [7, 11) is 1.34. The number of rotatable bonds is 2. The summed E-state index contributed by atoms with van der Waals surface area (Å²) in [6.45, 7) is 0. The molecule has 0 aliphatic carbocycles. The van der Waals surface area contributed by atoms with Gasteiger partial charge in [-0.05, 0) is 12.1 Å². The Kier molecular flexibility index (Phi) is 2.29. The Morgan fingerprint density at radius 2 is 2.33 bits per heavy atom. The Hall–Kier alpha value is -2.04. The Morgan fingerprint density at radius 1 is 1.53 bits per heavy atom. The van der Waals surface area contributed by atoms with Gasteiger partial charge in [0.15, 0.2) is 0 Å². The number of ether oxygens (including phenoxy) is 1. The zero-order chi connectivity index (χ0) is 10.8. The van der Waals surface area contributed by atoms with Gasteiger partial charge in [0.1, 0.15) is 11.4 Å². The first-order chi connectivity index (χ1) is 7.19. The third-order valence-electron chi connectivity index (χ3n) is 2.04. The molecule has 0 radical (unpaired) electrons. The van der Waals surface area contributed by atoms with E-state index in [1.54, 1.807) is 22.7 Å². The van der Waals surface area contributed by atoms with Gasteiger partial charge >= 0.3 is 5.97 Å². The average Bonchev–Trinajstić information content (AvgIpc) is 2.59. The van der Waals surface area contributed by atoms with Crippen molar-refractivity contribution in [2.75, 3.05) is 7.11 Å². The molecule has 0 spiro atoms. The third kappa shape index (κ3) is 1.90. The molecular weight excluding hydrogens is 196 g/mol. The van der Waals surface area contributed by atoms with Crippen LogP contribution in [0.25, 0.3) is 5.65 Å². The minimum Gasteiger partial charge on any atom is -0.506 e. The van der Waals surface area contributed by atoms with Crippen molar-refractivity contribution in [2.24, 2.45) is 0 Å². The maximum atomic E-state index is 11.0. The first kappa shape index (κ1) is 9.51. The molecule has 0 atom stereocenters. The molecule has 5 heteroatoms. The summed E-state index contributed by atoms with van der Waals surface area (Å²) in [5.41, 5.74) is 1.30. The van der Waals surface area contributed by atoms with E-state index in [-0.39, 0.29) is 18.1 Å². The number of fused-ring (bicyclic) bond motifs is 1. The van der Waals surface area contributed by atoms with Crippen LogP contribution in [0.2, 0.25) is 0 Å². The van der Waals surface area contributed by atoms with Gasteiger partial charge < -0.3 is 14.2 Å². The highest BCUT2D eigenvalue weighted by Gasteiger charge is 2.07. The van der Waals surface area contributed by atoms with E-state index < -0.39 is 0 Å². The van der Waals surface area contributed by atoms with Gasteiger partial charge in [0.2, 0.25) is 0 Å². The van der Waals surface area contributed by atoms with Crippen molar-refractivity contribution in [2.45, 2.75) is 6.42 Å². The van der Waals surface area contributed by atoms with Gasteiger partial charge in [-0.15, -0.1) is 0 Å². The van der Waals surface area contributed by atoms with Crippen LogP contribution in [0.1, 0.15) is 5.69 Å². The summed E-state index contributed by atoms with van der Waals surface area (Å²) in [6, 6.07) is 3.22. The number of aromatic nitrogens is 2. The highest BCUT2D eigenvalue weighted by molar-refractivity contribution is 5.72. The van der Waals surface area contributed by atoms with Crippen LogP contribution in [0.3, 0.4) is 0 Å². The lowest BCUT2D eigenvalue weighted by atomic mass is 10.3. The van der Waals surface area contributed by atoms with E-state index in [2.05, 4.69) is 9.72 Å². The van der Waals surface area contributed by atoms with Gasteiger partial charge in [-0.1, -0.05) is 0 Å². The van der Waals surface area contributed by atoms with Gasteiger partial charge in [-0.3, -0.25) is 4.79 Å². The smallest absolute Gasteiger partial charge is 0.311 e. The second-order valence-corrected chi connectivity index (χ2v) is 3.14. The molecule has 2 rings (SSSR count). The third-order valence-corrected chi connectivity index (χ3v) is 2.04. The molecule has 0 aliphatic rings. The fourth-order valence-electron chi connectivity index (χ4n) is 1.34. The molecule has 0 fully saturated rings. The van der Waals surface area contributed by atoms with Gasteiger partial charge in [0.05, 0.1) is 25.4 Å². The topological polar surface area (TPSA) is 63.8 Å². The Balaban J connectivity index is 2.34. The van der Waals surface area contributed by atoms with Crippen molar-refractivity contribution in [3.8, 4) is 5.75 Å². The molecule has 2 heterocycles. The van der Waals surface area contributed by atoms with E-state index in [0.29, 0.717) is 11.3 Å². The maximum Gasteiger partial charge on any atom is 0.311 e. The normalized spacial score (nSPS) is 10.5. The van der Waals surface area contributed by atoms with Crippen LogP contribution in [0, 0.1) is 0 Å². The fraction of sp³-hybridized carbons (Fsp3) is 0.200. The van der Waals surface area contributed by atoms with E-state index in [0.717, 1.165) is 0 Å². The lowest BCUT2D eigenvalue weighted by molar-refractivity contribution is -0.139. The number of nitrogens with zero attached hydrogens (tertiary/aromatic N) is 2. The van der Waals surface area contributed by atoms with Crippen LogP contribution in [-0.2, 0) is 16.0 Å². The number of carbonyl (C=O) groups excluding carboxylic acids is 1. The van der Waals surface area contributed by atoms with E-state index in [1.165, 1.54) is 13.3 Å². The van der Waals surface area contributed by atoms with Crippen LogP contribution in [-0.4, -0.2) is 27.6 Å². The summed E-state index contributed by atoms with van der Waals surface area (Å²) < 4.78 is 6.20. The molecule has 0 bridgehead atoms. The van der Waals surface area contributed by atoms with Crippen molar-refractivity contribution in [1.82, 2.24) is 9.38 Å². The molecule has 2 aromatic heterocycles. The number of esters is 1. The molecular formula is C10H10N2O3. The van der Waals surface area contributed by atoms with Gasteiger partial charge in [0, 0.05) is 6.20 Å². The van der Waals surface area contributed by atoms with Crippen molar-refractivity contribution in [1.29, 1.82) is 0 Å². The average molecular weight is 206 g/mol. The van der Waals surface area contributed by atoms with Gasteiger partial charge in [-0.2, -0.15) is 0 Å². The van der Waals surface area contributed by atoms with Crippen molar-refractivity contribution < 1.29 is 14.6 Å². The number of imidazole rings is 1. The molecule has 0 amide bonds. The van der Waals surface area contributed by atoms with E-state index in [1.807, 2.05) is 0 Å². The number of methoxy groups -OCH3 is 1. The second-order valence-electron chi connectivity index (χ2n) is 3.14. The maximum absolute atomic E-state index is 11.0. The van der Waals surface area contributed by atoms with E-state index in [4.69, 9.17) is 0 Å². The number of aromatic hydroxyl groups is 1. The quantitative estimate of drug-likeness (QED) is 0.736. The van der Waals surface area contributed by atoms with E-state index >= 15 is 0 Å². The van der Waals surface area contributed by atoms with Crippen molar-refractivity contribution >= 4 is 11.6 Å². The van der Waals surface area contributed by atoms with Gasteiger partial charge in [-0.25, -0.2) is 4.98 Å².